The van der Waals surface area contributed by atoms with Crippen molar-refractivity contribution >= 4 is 28.7 Å². The number of nitrogens with one attached hydrogen (secondary N) is 2. The Morgan fingerprint density at radius 2 is 2.04 bits per heavy atom. The zero-order valence-corrected chi connectivity index (χ0v) is 15.4. The van der Waals surface area contributed by atoms with Crippen LogP contribution in [0, 0.1) is 6.92 Å². The molecule has 0 aliphatic heterocycles. The number of carbonyl (C=O) groups is 1. The van der Waals surface area contributed by atoms with E-state index in [1.165, 1.54) is 17.3 Å². The number of hydrogen-bond donors (Lipinski definition) is 2. The van der Waals surface area contributed by atoms with E-state index in [1.54, 1.807) is 0 Å². The molecule has 25 heavy (non-hydrogen) atoms. The summed E-state index contributed by atoms with van der Waals surface area (Å²) in [6.45, 7) is 4.19. The molecule has 0 aliphatic carbocycles. The quantitative estimate of drug-likeness (QED) is 0.609. The standard InChI is InChI=1S/C20H23N3OS/c1-3-7-16(15-8-5-4-6-9-15)21-19(24)13-25-20-22-17-11-10-14(2)12-18(17)23-20/h4-6,8-12,16H,3,7,13H2,1-2H3,(H,21,24)(H,22,23). The number of amides is 1. The molecule has 2 aromatic carbocycles. The van der Waals surface area contributed by atoms with Crippen molar-refractivity contribution in [1.82, 2.24) is 15.3 Å². The number of thioether (sulfide) groups is 1. The first-order chi connectivity index (χ1) is 12.2. The Balaban J connectivity index is 1.60. The van der Waals surface area contributed by atoms with Crippen molar-refractivity contribution in [3.05, 3.63) is 59.7 Å². The molecule has 2 N–H and O–H groups in total. The molecular formula is C20H23N3OS. The minimum absolute atomic E-state index is 0.0314. The van der Waals surface area contributed by atoms with E-state index in [1.807, 2.05) is 30.3 Å². The lowest BCUT2D eigenvalue weighted by Crippen LogP contribution is -2.29. The topological polar surface area (TPSA) is 57.8 Å². The van der Waals surface area contributed by atoms with Gasteiger partial charge in [-0.25, -0.2) is 4.98 Å². The third-order valence-electron chi connectivity index (χ3n) is 4.07. The zero-order valence-electron chi connectivity index (χ0n) is 14.6. The van der Waals surface area contributed by atoms with Crippen LogP contribution < -0.4 is 5.32 Å². The molecule has 5 heteroatoms. The Hall–Kier alpha value is -2.27. The molecule has 0 bridgehead atoms. The Morgan fingerprint density at radius 3 is 2.80 bits per heavy atom. The number of aromatic nitrogens is 2. The van der Waals surface area contributed by atoms with E-state index in [4.69, 9.17) is 0 Å². The predicted molar refractivity (Wildman–Crippen MR) is 104 cm³/mol. The van der Waals surface area contributed by atoms with Crippen molar-refractivity contribution in [2.75, 3.05) is 5.75 Å². The van der Waals surface area contributed by atoms with Crippen LogP contribution in [0.2, 0.25) is 0 Å². The van der Waals surface area contributed by atoms with E-state index in [2.05, 4.69) is 47.3 Å². The minimum Gasteiger partial charge on any atom is -0.349 e. The second kappa shape index (κ2) is 8.21. The lowest BCUT2D eigenvalue weighted by molar-refractivity contribution is -0.119. The maximum Gasteiger partial charge on any atom is 0.230 e. The molecular weight excluding hydrogens is 330 g/mol. The van der Waals surface area contributed by atoms with E-state index in [9.17, 15) is 4.79 Å². The van der Waals surface area contributed by atoms with Gasteiger partial charge in [0.1, 0.15) is 0 Å². The molecule has 1 atom stereocenters. The number of nitrogens with zero attached hydrogens (tertiary/aromatic N) is 1. The molecule has 0 spiro atoms. The SMILES string of the molecule is CCCC(NC(=O)CSc1nc2ccc(C)cc2[nH]1)c1ccccc1. The first-order valence-electron chi connectivity index (χ1n) is 8.59. The Kier molecular flexibility index (Phi) is 5.76. The van der Waals surface area contributed by atoms with Crippen LogP contribution in [0.4, 0.5) is 0 Å². The van der Waals surface area contributed by atoms with Gasteiger partial charge in [-0.3, -0.25) is 4.79 Å². The van der Waals surface area contributed by atoms with Crippen LogP contribution in [-0.2, 0) is 4.79 Å². The molecule has 0 saturated heterocycles. The van der Waals surface area contributed by atoms with Gasteiger partial charge in [0, 0.05) is 0 Å². The summed E-state index contributed by atoms with van der Waals surface area (Å²) in [5, 5.41) is 3.93. The summed E-state index contributed by atoms with van der Waals surface area (Å²) in [4.78, 5) is 20.2. The van der Waals surface area contributed by atoms with Crippen LogP contribution in [0.15, 0.2) is 53.7 Å². The van der Waals surface area contributed by atoms with Crippen molar-refractivity contribution in [2.45, 2.75) is 37.9 Å². The molecule has 1 heterocycles. The summed E-state index contributed by atoms with van der Waals surface area (Å²) in [5.41, 5.74) is 4.29. The monoisotopic (exact) mass is 353 g/mol. The molecule has 0 fully saturated rings. The van der Waals surface area contributed by atoms with Crippen molar-refractivity contribution < 1.29 is 4.79 Å². The number of H-pyrrole nitrogens is 1. The Bertz CT molecular complexity index is 845. The molecule has 1 aromatic heterocycles. The first kappa shape index (κ1) is 17.5. The molecule has 3 aromatic rings. The molecule has 0 saturated carbocycles. The highest BCUT2D eigenvalue weighted by Gasteiger charge is 2.14. The molecule has 1 amide bonds. The largest absolute Gasteiger partial charge is 0.349 e. The molecule has 3 rings (SSSR count). The van der Waals surface area contributed by atoms with Gasteiger partial charge in [-0.05, 0) is 36.6 Å². The first-order valence-corrected chi connectivity index (χ1v) is 9.57. The number of imidazole rings is 1. The summed E-state index contributed by atoms with van der Waals surface area (Å²) in [7, 11) is 0. The molecule has 0 aliphatic rings. The van der Waals surface area contributed by atoms with Crippen LogP contribution in [0.25, 0.3) is 11.0 Å². The Morgan fingerprint density at radius 1 is 1.24 bits per heavy atom. The van der Waals surface area contributed by atoms with Gasteiger partial charge in [0.2, 0.25) is 5.91 Å². The highest BCUT2D eigenvalue weighted by molar-refractivity contribution is 7.99. The number of rotatable bonds is 7. The maximum absolute atomic E-state index is 12.4. The smallest absolute Gasteiger partial charge is 0.230 e. The van der Waals surface area contributed by atoms with Gasteiger partial charge in [0.05, 0.1) is 22.8 Å². The lowest BCUT2D eigenvalue weighted by Gasteiger charge is -2.18. The van der Waals surface area contributed by atoms with Crippen LogP contribution in [0.5, 0.6) is 0 Å². The molecule has 1 unspecified atom stereocenters. The summed E-state index contributed by atoms with van der Waals surface area (Å²) in [5.74, 6) is 0.384. The molecule has 130 valence electrons. The van der Waals surface area contributed by atoms with Crippen LogP contribution in [0.3, 0.4) is 0 Å². The third-order valence-corrected chi connectivity index (χ3v) is 4.94. The average Bonchev–Trinajstić information content (AvgIpc) is 3.02. The van der Waals surface area contributed by atoms with Crippen LogP contribution in [0.1, 0.15) is 36.9 Å². The summed E-state index contributed by atoms with van der Waals surface area (Å²) < 4.78 is 0. The van der Waals surface area contributed by atoms with Crippen LogP contribution >= 0.6 is 11.8 Å². The van der Waals surface area contributed by atoms with Gasteiger partial charge in [0.25, 0.3) is 0 Å². The van der Waals surface area contributed by atoms with E-state index < -0.39 is 0 Å². The van der Waals surface area contributed by atoms with Crippen molar-refractivity contribution in [3.8, 4) is 0 Å². The fraction of sp³-hybridized carbons (Fsp3) is 0.300. The minimum atomic E-state index is 0.0314. The molecule has 0 radical (unpaired) electrons. The van der Waals surface area contributed by atoms with Crippen molar-refractivity contribution in [1.29, 1.82) is 0 Å². The lowest BCUT2D eigenvalue weighted by atomic mass is 10.0. The van der Waals surface area contributed by atoms with Crippen molar-refractivity contribution in [2.24, 2.45) is 0 Å². The fourth-order valence-electron chi connectivity index (χ4n) is 2.83. The normalized spacial score (nSPS) is 12.2. The second-order valence-corrected chi connectivity index (χ2v) is 7.13. The highest BCUT2D eigenvalue weighted by Crippen LogP contribution is 2.22. The number of fused-ring (bicyclic) bond motifs is 1. The van der Waals surface area contributed by atoms with Gasteiger partial charge >= 0.3 is 0 Å². The third kappa shape index (κ3) is 4.63. The summed E-state index contributed by atoms with van der Waals surface area (Å²) >= 11 is 1.44. The van der Waals surface area contributed by atoms with E-state index in [-0.39, 0.29) is 11.9 Å². The second-order valence-electron chi connectivity index (χ2n) is 6.17. The van der Waals surface area contributed by atoms with Crippen molar-refractivity contribution in [3.63, 3.8) is 0 Å². The van der Waals surface area contributed by atoms with E-state index in [0.29, 0.717) is 5.75 Å². The van der Waals surface area contributed by atoms with Gasteiger partial charge in [-0.1, -0.05) is 61.5 Å². The number of hydrogen-bond acceptors (Lipinski definition) is 3. The Labute approximate surface area is 152 Å². The van der Waals surface area contributed by atoms with Gasteiger partial charge in [0.15, 0.2) is 5.16 Å². The number of aromatic amines is 1. The van der Waals surface area contributed by atoms with Gasteiger partial charge < -0.3 is 10.3 Å². The molecule has 4 nitrogen and oxygen atoms in total. The fourth-order valence-corrected chi connectivity index (χ4v) is 3.53. The number of aryl methyl sites for hydroxylation is 1. The summed E-state index contributed by atoms with van der Waals surface area (Å²) in [6, 6.07) is 16.3. The number of carbonyl (C=O) groups excluding carboxylic acids is 1. The van der Waals surface area contributed by atoms with Gasteiger partial charge in [-0.15, -0.1) is 0 Å². The maximum atomic E-state index is 12.4. The number of benzene rings is 2. The van der Waals surface area contributed by atoms with E-state index in [0.717, 1.165) is 34.6 Å². The zero-order chi connectivity index (χ0) is 17.6. The predicted octanol–water partition coefficient (Wildman–Crippen LogP) is 4.62. The highest BCUT2D eigenvalue weighted by atomic mass is 32.2. The van der Waals surface area contributed by atoms with Crippen LogP contribution in [-0.4, -0.2) is 21.6 Å². The average molecular weight is 353 g/mol. The van der Waals surface area contributed by atoms with Gasteiger partial charge in [-0.2, -0.15) is 0 Å². The van der Waals surface area contributed by atoms with E-state index >= 15 is 0 Å². The summed E-state index contributed by atoms with van der Waals surface area (Å²) in [6.07, 6.45) is 1.96.